The van der Waals surface area contributed by atoms with E-state index in [1.54, 1.807) is 0 Å². The fourth-order valence-corrected chi connectivity index (χ4v) is 0.899. The zero-order valence-electron chi connectivity index (χ0n) is 8.08. The standard InChI is InChI=1S/C8H9F3N4O/c9-8(10,11)1-2-14-7(16)5-3-13-4-6(12)15-5/h3-4H,1-2H2,(H2,12,15)(H,14,16). The molecule has 0 fully saturated rings. The fraction of sp³-hybridized carbons (Fsp3) is 0.375. The van der Waals surface area contributed by atoms with Crippen LogP contribution in [-0.2, 0) is 0 Å². The Morgan fingerprint density at radius 2 is 2.12 bits per heavy atom. The van der Waals surface area contributed by atoms with Crippen molar-refractivity contribution in [2.45, 2.75) is 12.6 Å². The van der Waals surface area contributed by atoms with E-state index in [-0.39, 0.29) is 11.5 Å². The third-order valence-corrected chi connectivity index (χ3v) is 1.58. The van der Waals surface area contributed by atoms with E-state index in [1.165, 1.54) is 6.20 Å². The molecular weight excluding hydrogens is 225 g/mol. The molecule has 1 heterocycles. The zero-order chi connectivity index (χ0) is 12.2. The van der Waals surface area contributed by atoms with Crippen LogP contribution in [0.3, 0.4) is 0 Å². The van der Waals surface area contributed by atoms with Crippen molar-refractivity contribution in [3.63, 3.8) is 0 Å². The molecule has 0 radical (unpaired) electrons. The number of amides is 1. The number of nitrogens with two attached hydrogens (primary N) is 1. The summed E-state index contributed by atoms with van der Waals surface area (Å²) in [5.74, 6) is -0.701. The zero-order valence-corrected chi connectivity index (χ0v) is 8.08. The van der Waals surface area contributed by atoms with Gasteiger partial charge in [0.05, 0.1) is 18.8 Å². The van der Waals surface area contributed by atoms with Gasteiger partial charge in [0.2, 0.25) is 0 Å². The van der Waals surface area contributed by atoms with Crippen molar-refractivity contribution in [3.05, 3.63) is 18.1 Å². The predicted molar refractivity (Wildman–Crippen MR) is 49.4 cm³/mol. The van der Waals surface area contributed by atoms with E-state index in [4.69, 9.17) is 5.73 Å². The monoisotopic (exact) mass is 234 g/mol. The summed E-state index contributed by atoms with van der Waals surface area (Å²) in [5, 5.41) is 2.07. The third kappa shape index (κ3) is 4.11. The second kappa shape index (κ2) is 4.77. The maximum Gasteiger partial charge on any atom is 0.390 e. The topological polar surface area (TPSA) is 80.9 Å². The van der Waals surface area contributed by atoms with Crippen molar-refractivity contribution in [2.24, 2.45) is 0 Å². The van der Waals surface area contributed by atoms with Gasteiger partial charge in [0.1, 0.15) is 11.5 Å². The van der Waals surface area contributed by atoms with Crippen LogP contribution in [0.2, 0.25) is 0 Å². The van der Waals surface area contributed by atoms with Gasteiger partial charge in [0.15, 0.2) is 0 Å². The SMILES string of the molecule is Nc1cncc(C(=O)NCCC(F)(F)F)n1. The van der Waals surface area contributed by atoms with Gasteiger partial charge in [0.25, 0.3) is 5.91 Å². The summed E-state index contributed by atoms with van der Waals surface area (Å²) in [6.07, 6.45) is -3.03. The first-order valence-corrected chi connectivity index (χ1v) is 4.31. The minimum Gasteiger partial charge on any atom is -0.382 e. The van der Waals surface area contributed by atoms with Crippen molar-refractivity contribution < 1.29 is 18.0 Å². The molecule has 0 saturated heterocycles. The molecule has 8 heteroatoms. The highest BCUT2D eigenvalue weighted by molar-refractivity contribution is 5.92. The van der Waals surface area contributed by atoms with E-state index in [1.807, 2.05) is 0 Å². The van der Waals surface area contributed by atoms with Crippen LogP contribution in [-0.4, -0.2) is 28.6 Å². The molecule has 3 N–H and O–H groups in total. The Morgan fingerprint density at radius 1 is 1.44 bits per heavy atom. The second-order valence-corrected chi connectivity index (χ2v) is 2.95. The second-order valence-electron chi connectivity index (χ2n) is 2.95. The summed E-state index contributed by atoms with van der Waals surface area (Å²) >= 11 is 0. The van der Waals surface area contributed by atoms with Gasteiger partial charge in [-0.05, 0) is 0 Å². The molecule has 0 aliphatic carbocycles. The van der Waals surface area contributed by atoms with Crippen LogP contribution in [0.15, 0.2) is 12.4 Å². The first-order valence-electron chi connectivity index (χ1n) is 4.31. The predicted octanol–water partition coefficient (Wildman–Crippen LogP) is 0.741. The number of hydrogen-bond donors (Lipinski definition) is 2. The van der Waals surface area contributed by atoms with Crippen LogP contribution in [0.1, 0.15) is 16.9 Å². The molecule has 16 heavy (non-hydrogen) atoms. The van der Waals surface area contributed by atoms with Gasteiger partial charge in [-0.3, -0.25) is 9.78 Å². The number of anilines is 1. The van der Waals surface area contributed by atoms with Crippen molar-refractivity contribution >= 4 is 11.7 Å². The van der Waals surface area contributed by atoms with Crippen LogP contribution in [0, 0.1) is 0 Å². The number of aromatic nitrogens is 2. The first-order chi connectivity index (χ1) is 7.38. The van der Waals surface area contributed by atoms with Crippen LogP contribution in [0.4, 0.5) is 19.0 Å². The molecule has 0 aromatic carbocycles. The highest BCUT2D eigenvalue weighted by atomic mass is 19.4. The van der Waals surface area contributed by atoms with E-state index in [9.17, 15) is 18.0 Å². The van der Waals surface area contributed by atoms with E-state index >= 15 is 0 Å². The Kier molecular flexibility index (Phi) is 3.64. The molecule has 0 saturated carbocycles. The lowest BCUT2D eigenvalue weighted by molar-refractivity contribution is -0.132. The lowest BCUT2D eigenvalue weighted by Crippen LogP contribution is -2.28. The molecule has 1 aromatic rings. The molecule has 1 rings (SSSR count). The average Bonchev–Trinajstić information content (AvgIpc) is 2.15. The molecule has 0 atom stereocenters. The summed E-state index contributed by atoms with van der Waals surface area (Å²) in [7, 11) is 0. The number of carbonyl (C=O) groups is 1. The normalized spacial score (nSPS) is 11.2. The summed E-state index contributed by atoms with van der Waals surface area (Å²) < 4.78 is 35.3. The molecular formula is C8H9F3N4O. The van der Waals surface area contributed by atoms with Gasteiger partial charge in [0, 0.05) is 6.54 Å². The first kappa shape index (κ1) is 12.2. The molecule has 1 amide bonds. The number of nitrogen functional groups attached to an aromatic ring is 1. The molecule has 0 aliphatic heterocycles. The smallest absolute Gasteiger partial charge is 0.382 e. The highest BCUT2D eigenvalue weighted by Gasteiger charge is 2.26. The molecule has 0 spiro atoms. The number of nitrogens with zero attached hydrogens (tertiary/aromatic N) is 2. The van der Waals surface area contributed by atoms with E-state index in [0.717, 1.165) is 6.20 Å². The number of rotatable bonds is 3. The summed E-state index contributed by atoms with van der Waals surface area (Å²) in [6, 6.07) is 0. The number of alkyl halides is 3. The number of carbonyl (C=O) groups excluding carboxylic acids is 1. The lowest BCUT2D eigenvalue weighted by Gasteiger charge is -2.07. The summed E-state index contributed by atoms with van der Waals surface area (Å²) in [6.45, 7) is -0.501. The number of halogens is 3. The van der Waals surface area contributed by atoms with Crippen LogP contribution < -0.4 is 11.1 Å². The molecule has 5 nitrogen and oxygen atoms in total. The van der Waals surface area contributed by atoms with Gasteiger partial charge in [-0.1, -0.05) is 0 Å². The number of nitrogens with one attached hydrogen (secondary N) is 1. The number of hydrogen-bond acceptors (Lipinski definition) is 4. The Morgan fingerprint density at radius 3 is 2.69 bits per heavy atom. The van der Waals surface area contributed by atoms with Crippen molar-refractivity contribution in [1.29, 1.82) is 0 Å². The van der Waals surface area contributed by atoms with Crippen molar-refractivity contribution in [3.8, 4) is 0 Å². The maximum atomic E-state index is 11.8. The Balaban J connectivity index is 2.47. The minimum atomic E-state index is -4.30. The third-order valence-electron chi connectivity index (χ3n) is 1.58. The Hall–Kier alpha value is -1.86. The van der Waals surface area contributed by atoms with Gasteiger partial charge in [-0.15, -0.1) is 0 Å². The van der Waals surface area contributed by atoms with Crippen molar-refractivity contribution in [1.82, 2.24) is 15.3 Å². The van der Waals surface area contributed by atoms with E-state index < -0.39 is 25.0 Å². The quantitative estimate of drug-likeness (QED) is 0.808. The average molecular weight is 234 g/mol. The largest absolute Gasteiger partial charge is 0.390 e. The van der Waals surface area contributed by atoms with E-state index in [0.29, 0.717) is 0 Å². The van der Waals surface area contributed by atoms with Gasteiger partial charge in [-0.2, -0.15) is 13.2 Å². The Labute approximate surface area is 88.9 Å². The summed E-state index contributed by atoms with van der Waals surface area (Å²) in [5.41, 5.74) is 5.15. The molecule has 0 bridgehead atoms. The van der Waals surface area contributed by atoms with Crippen LogP contribution in [0.5, 0.6) is 0 Å². The molecule has 88 valence electrons. The van der Waals surface area contributed by atoms with E-state index in [2.05, 4.69) is 15.3 Å². The summed E-state index contributed by atoms with van der Waals surface area (Å²) in [4.78, 5) is 18.4. The van der Waals surface area contributed by atoms with Crippen molar-refractivity contribution in [2.75, 3.05) is 12.3 Å². The van der Waals surface area contributed by atoms with Crippen LogP contribution in [0.25, 0.3) is 0 Å². The Bertz CT molecular complexity index is 380. The minimum absolute atomic E-state index is 0.0310. The van der Waals surface area contributed by atoms with Gasteiger partial charge >= 0.3 is 6.18 Å². The molecule has 1 aromatic heterocycles. The van der Waals surface area contributed by atoms with Gasteiger partial charge < -0.3 is 11.1 Å². The maximum absolute atomic E-state index is 11.8. The van der Waals surface area contributed by atoms with Crippen LogP contribution >= 0.6 is 0 Å². The highest BCUT2D eigenvalue weighted by Crippen LogP contribution is 2.18. The molecule has 0 unspecified atom stereocenters. The lowest BCUT2D eigenvalue weighted by atomic mass is 10.3. The fourth-order valence-electron chi connectivity index (χ4n) is 0.899. The molecule has 0 aliphatic rings. The van der Waals surface area contributed by atoms with Gasteiger partial charge in [-0.25, -0.2) is 4.98 Å².